The van der Waals surface area contributed by atoms with Crippen molar-refractivity contribution >= 4 is 0 Å². The van der Waals surface area contributed by atoms with E-state index < -0.39 is 18.7 Å². The highest BCUT2D eigenvalue weighted by molar-refractivity contribution is 4.77. The van der Waals surface area contributed by atoms with Crippen LogP contribution in [0.2, 0.25) is 0 Å². The number of hydrogen-bond donors (Lipinski definition) is 1. The van der Waals surface area contributed by atoms with Gasteiger partial charge >= 0.3 is 6.18 Å². The molecule has 1 aliphatic rings. The molecule has 4 heteroatoms. The molecule has 0 bridgehead atoms. The van der Waals surface area contributed by atoms with Gasteiger partial charge in [0.1, 0.15) is 0 Å². The minimum Gasteiger partial charge on any atom is -0.393 e. The van der Waals surface area contributed by atoms with Crippen LogP contribution in [-0.2, 0) is 0 Å². The first kappa shape index (κ1) is 12.8. The minimum atomic E-state index is -4.14. The molecule has 0 aromatic carbocycles. The molecule has 90 valence electrons. The van der Waals surface area contributed by atoms with Crippen LogP contribution in [0, 0.1) is 11.8 Å². The minimum absolute atomic E-state index is 0.0797. The van der Waals surface area contributed by atoms with E-state index in [-0.39, 0.29) is 12.3 Å². The number of aliphatic hydroxyl groups is 1. The monoisotopic (exact) mass is 224 g/mol. The van der Waals surface area contributed by atoms with Crippen LogP contribution in [0.15, 0.2) is 0 Å². The summed E-state index contributed by atoms with van der Waals surface area (Å²) in [6, 6.07) is 0. The molecule has 0 heterocycles. The van der Waals surface area contributed by atoms with Gasteiger partial charge in [-0.25, -0.2) is 0 Å². The molecule has 1 nitrogen and oxygen atoms in total. The Morgan fingerprint density at radius 1 is 1.33 bits per heavy atom. The van der Waals surface area contributed by atoms with E-state index in [0.717, 1.165) is 25.7 Å². The number of halogens is 3. The molecule has 1 aliphatic carbocycles. The standard InChI is InChI=1S/C11H19F3O/c1-8-3-2-4-9(7-8)10(15)5-6-11(12,13)14/h8-10,15H,2-7H2,1H3. The normalized spacial score (nSPS) is 30.2. The molecular weight excluding hydrogens is 205 g/mol. The first-order valence-corrected chi connectivity index (χ1v) is 5.63. The van der Waals surface area contributed by atoms with Crippen molar-refractivity contribution in [3.63, 3.8) is 0 Å². The van der Waals surface area contributed by atoms with Crippen molar-refractivity contribution in [3.8, 4) is 0 Å². The summed E-state index contributed by atoms with van der Waals surface area (Å²) in [4.78, 5) is 0. The van der Waals surface area contributed by atoms with Crippen molar-refractivity contribution in [1.82, 2.24) is 0 Å². The Morgan fingerprint density at radius 3 is 2.53 bits per heavy atom. The molecule has 0 spiro atoms. The second-order valence-electron chi connectivity index (χ2n) is 4.75. The van der Waals surface area contributed by atoms with Crippen molar-refractivity contribution in [2.45, 2.75) is 57.7 Å². The molecule has 3 atom stereocenters. The quantitative estimate of drug-likeness (QED) is 0.777. The maximum absolute atomic E-state index is 11.9. The fourth-order valence-electron chi connectivity index (χ4n) is 2.38. The van der Waals surface area contributed by atoms with Crippen LogP contribution in [0.1, 0.15) is 45.4 Å². The fourth-order valence-corrected chi connectivity index (χ4v) is 2.38. The van der Waals surface area contributed by atoms with Gasteiger partial charge in [-0.1, -0.05) is 19.8 Å². The van der Waals surface area contributed by atoms with E-state index in [9.17, 15) is 18.3 Å². The Bertz CT molecular complexity index is 191. The molecule has 0 saturated heterocycles. The predicted molar refractivity (Wildman–Crippen MR) is 52.4 cm³/mol. The highest BCUT2D eigenvalue weighted by Crippen LogP contribution is 2.33. The summed E-state index contributed by atoms with van der Waals surface area (Å²) < 4.78 is 35.8. The SMILES string of the molecule is CC1CCCC(C(O)CCC(F)(F)F)C1. The molecule has 0 aromatic heterocycles. The van der Waals surface area contributed by atoms with Crippen molar-refractivity contribution in [2.75, 3.05) is 0 Å². The van der Waals surface area contributed by atoms with Gasteiger partial charge in [-0.05, 0) is 31.1 Å². The number of hydrogen-bond acceptors (Lipinski definition) is 1. The maximum Gasteiger partial charge on any atom is 0.389 e. The lowest BCUT2D eigenvalue weighted by Gasteiger charge is -2.30. The highest BCUT2D eigenvalue weighted by Gasteiger charge is 2.31. The lowest BCUT2D eigenvalue weighted by atomic mass is 9.78. The van der Waals surface area contributed by atoms with Crippen LogP contribution in [0.25, 0.3) is 0 Å². The summed E-state index contributed by atoms with van der Waals surface area (Å²) >= 11 is 0. The molecule has 3 unspecified atom stereocenters. The van der Waals surface area contributed by atoms with E-state index in [1.165, 1.54) is 0 Å². The first-order chi connectivity index (χ1) is 6.88. The van der Waals surface area contributed by atoms with Gasteiger partial charge in [0.2, 0.25) is 0 Å². The molecular formula is C11H19F3O. The van der Waals surface area contributed by atoms with Crippen molar-refractivity contribution in [2.24, 2.45) is 11.8 Å². The second-order valence-corrected chi connectivity index (χ2v) is 4.75. The number of alkyl halides is 3. The second kappa shape index (κ2) is 5.19. The van der Waals surface area contributed by atoms with Crippen LogP contribution in [0.5, 0.6) is 0 Å². The van der Waals surface area contributed by atoms with Crippen LogP contribution in [-0.4, -0.2) is 17.4 Å². The Balaban J connectivity index is 2.29. The Kier molecular flexibility index (Phi) is 4.44. The zero-order valence-electron chi connectivity index (χ0n) is 9.06. The van der Waals surface area contributed by atoms with Crippen LogP contribution in [0.4, 0.5) is 13.2 Å². The molecule has 0 aromatic rings. The van der Waals surface area contributed by atoms with E-state index in [4.69, 9.17) is 0 Å². The summed E-state index contributed by atoms with van der Waals surface area (Å²) in [6.07, 6.45) is -1.98. The molecule has 1 fully saturated rings. The highest BCUT2D eigenvalue weighted by atomic mass is 19.4. The van der Waals surface area contributed by atoms with Gasteiger partial charge in [-0.15, -0.1) is 0 Å². The number of aliphatic hydroxyl groups excluding tert-OH is 1. The molecule has 0 amide bonds. The zero-order valence-corrected chi connectivity index (χ0v) is 9.06. The average molecular weight is 224 g/mol. The van der Waals surface area contributed by atoms with E-state index in [1.54, 1.807) is 0 Å². The molecule has 1 N–H and O–H groups in total. The van der Waals surface area contributed by atoms with Gasteiger partial charge < -0.3 is 5.11 Å². The lowest BCUT2D eigenvalue weighted by Crippen LogP contribution is -2.27. The third-order valence-corrected chi connectivity index (χ3v) is 3.24. The molecule has 15 heavy (non-hydrogen) atoms. The molecule has 0 aliphatic heterocycles. The Labute approximate surface area is 88.7 Å². The van der Waals surface area contributed by atoms with Gasteiger partial charge in [0.05, 0.1) is 6.10 Å². The van der Waals surface area contributed by atoms with Gasteiger partial charge in [-0.3, -0.25) is 0 Å². The largest absolute Gasteiger partial charge is 0.393 e. The van der Waals surface area contributed by atoms with Crippen molar-refractivity contribution in [1.29, 1.82) is 0 Å². The summed E-state index contributed by atoms with van der Waals surface area (Å²) in [7, 11) is 0. The van der Waals surface area contributed by atoms with Gasteiger partial charge in [0.15, 0.2) is 0 Å². The van der Waals surface area contributed by atoms with E-state index >= 15 is 0 Å². The predicted octanol–water partition coefficient (Wildman–Crippen LogP) is 3.52. The van der Waals surface area contributed by atoms with Crippen LogP contribution >= 0.6 is 0 Å². The summed E-state index contributed by atoms with van der Waals surface area (Å²) in [5.41, 5.74) is 0. The topological polar surface area (TPSA) is 20.2 Å². The van der Waals surface area contributed by atoms with Gasteiger partial charge in [0, 0.05) is 6.42 Å². The first-order valence-electron chi connectivity index (χ1n) is 5.63. The maximum atomic E-state index is 11.9. The van der Waals surface area contributed by atoms with Gasteiger partial charge in [-0.2, -0.15) is 13.2 Å². The smallest absolute Gasteiger partial charge is 0.389 e. The average Bonchev–Trinajstić information content (AvgIpc) is 2.13. The van der Waals surface area contributed by atoms with Crippen LogP contribution in [0.3, 0.4) is 0 Å². The number of rotatable bonds is 3. The third kappa shape index (κ3) is 4.87. The molecule has 0 radical (unpaired) electrons. The third-order valence-electron chi connectivity index (χ3n) is 3.24. The van der Waals surface area contributed by atoms with Crippen molar-refractivity contribution < 1.29 is 18.3 Å². The van der Waals surface area contributed by atoms with E-state index in [0.29, 0.717) is 5.92 Å². The Morgan fingerprint density at radius 2 is 2.00 bits per heavy atom. The van der Waals surface area contributed by atoms with Gasteiger partial charge in [0.25, 0.3) is 0 Å². The summed E-state index contributed by atoms with van der Waals surface area (Å²) in [6.45, 7) is 2.10. The Hall–Kier alpha value is -0.250. The zero-order chi connectivity index (χ0) is 11.5. The van der Waals surface area contributed by atoms with E-state index in [2.05, 4.69) is 6.92 Å². The van der Waals surface area contributed by atoms with E-state index in [1.807, 2.05) is 0 Å². The molecule has 1 rings (SSSR count). The lowest BCUT2D eigenvalue weighted by molar-refractivity contribution is -0.142. The van der Waals surface area contributed by atoms with Crippen molar-refractivity contribution in [3.05, 3.63) is 0 Å². The summed E-state index contributed by atoms with van der Waals surface area (Å²) in [5, 5.41) is 9.66. The van der Waals surface area contributed by atoms with Crippen LogP contribution < -0.4 is 0 Å². The summed E-state index contributed by atoms with van der Waals surface area (Å²) in [5.74, 6) is 0.625. The molecule has 1 saturated carbocycles. The fraction of sp³-hybridized carbons (Fsp3) is 1.00.